The Bertz CT molecular complexity index is 207. The van der Waals surface area contributed by atoms with Crippen molar-refractivity contribution >= 4 is 11.8 Å². The third-order valence-corrected chi connectivity index (χ3v) is 1.83. The van der Waals surface area contributed by atoms with E-state index in [1.54, 1.807) is 0 Å². The smallest absolute Gasteiger partial charge is 0.305 e. The molecule has 0 heterocycles. The molecule has 80 valence electrons. The first-order chi connectivity index (χ1) is 6.70. The highest BCUT2D eigenvalue weighted by molar-refractivity contribution is 5.82. The van der Waals surface area contributed by atoms with Crippen molar-refractivity contribution in [1.82, 2.24) is 0 Å². The van der Waals surface area contributed by atoms with Crippen LogP contribution in [0.15, 0.2) is 12.2 Å². The molecule has 0 bridgehead atoms. The van der Waals surface area contributed by atoms with Crippen LogP contribution in [0.1, 0.15) is 39.0 Å². The van der Waals surface area contributed by atoms with Gasteiger partial charge in [0.25, 0.3) is 0 Å². The molecule has 0 fully saturated rings. The lowest BCUT2D eigenvalue weighted by Gasteiger charge is -1.97. The van der Waals surface area contributed by atoms with Crippen LogP contribution in [0.4, 0.5) is 0 Å². The Hall–Kier alpha value is -1.12. The molecule has 0 aromatic heterocycles. The van der Waals surface area contributed by atoms with Gasteiger partial charge >= 0.3 is 5.97 Å². The highest BCUT2D eigenvalue weighted by Gasteiger charge is 2.05. The monoisotopic (exact) mass is 198 g/mol. The third-order valence-electron chi connectivity index (χ3n) is 1.83. The summed E-state index contributed by atoms with van der Waals surface area (Å²) in [5.74, 6) is -0.196. The maximum absolute atomic E-state index is 11.2. The molecule has 0 radical (unpaired) electrons. The fraction of sp³-hybridized carbons (Fsp3) is 0.636. The number of rotatable bonds is 7. The number of methoxy groups -OCH3 is 1. The average molecular weight is 198 g/mol. The molecule has 0 aliphatic carbocycles. The standard InChI is InChI=1S/C11H18O3/c1-3-4-5-6-7-10(12)8-9-11(13)14-2/h4-5H,3,6-9H2,1-2H3/b5-4-. The minimum Gasteiger partial charge on any atom is -0.469 e. The molecule has 3 heteroatoms. The molecule has 0 aliphatic rings. The Balaban J connectivity index is 3.46. The van der Waals surface area contributed by atoms with Crippen LogP contribution in [-0.2, 0) is 14.3 Å². The number of ether oxygens (including phenoxy) is 1. The van der Waals surface area contributed by atoms with E-state index in [4.69, 9.17) is 0 Å². The van der Waals surface area contributed by atoms with Crippen LogP contribution < -0.4 is 0 Å². The molecular weight excluding hydrogens is 180 g/mol. The molecule has 0 rings (SSSR count). The lowest BCUT2D eigenvalue weighted by Crippen LogP contribution is -2.05. The summed E-state index contributed by atoms with van der Waals surface area (Å²) in [7, 11) is 1.33. The second kappa shape index (κ2) is 8.48. The van der Waals surface area contributed by atoms with Crippen LogP contribution in [0.25, 0.3) is 0 Å². The van der Waals surface area contributed by atoms with Gasteiger partial charge in [0.1, 0.15) is 5.78 Å². The first-order valence-corrected chi connectivity index (χ1v) is 4.94. The van der Waals surface area contributed by atoms with Gasteiger partial charge < -0.3 is 4.74 Å². The first kappa shape index (κ1) is 12.9. The maximum atomic E-state index is 11.2. The van der Waals surface area contributed by atoms with E-state index in [-0.39, 0.29) is 18.2 Å². The van der Waals surface area contributed by atoms with Crippen molar-refractivity contribution in [2.75, 3.05) is 7.11 Å². The van der Waals surface area contributed by atoms with Gasteiger partial charge in [-0.1, -0.05) is 19.1 Å². The van der Waals surface area contributed by atoms with Crippen molar-refractivity contribution in [2.24, 2.45) is 0 Å². The maximum Gasteiger partial charge on any atom is 0.305 e. The van der Waals surface area contributed by atoms with E-state index in [2.05, 4.69) is 11.7 Å². The summed E-state index contributed by atoms with van der Waals surface area (Å²) in [4.78, 5) is 21.9. The number of Topliss-reactive ketones (excluding diaryl/α,β-unsaturated/α-hetero) is 1. The molecule has 0 N–H and O–H groups in total. The molecule has 14 heavy (non-hydrogen) atoms. The number of hydrogen-bond donors (Lipinski definition) is 0. The zero-order chi connectivity index (χ0) is 10.8. The summed E-state index contributed by atoms with van der Waals surface area (Å²) >= 11 is 0. The number of carbonyl (C=O) groups is 2. The van der Waals surface area contributed by atoms with Gasteiger partial charge in [-0.3, -0.25) is 9.59 Å². The fourth-order valence-electron chi connectivity index (χ4n) is 0.997. The molecule has 0 aliphatic heterocycles. The first-order valence-electron chi connectivity index (χ1n) is 4.94. The zero-order valence-electron chi connectivity index (χ0n) is 8.91. The Morgan fingerprint density at radius 1 is 1.14 bits per heavy atom. The number of allylic oxidation sites excluding steroid dienone is 2. The van der Waals surface area contributed by atoms with Crippen LogP contribution in [0.5, 0.6) is 0 Å². The summed E-state index contributed by atoms with van der Waals surface area (Å²) in [6.07, 6.45) is 6.82. The van der Waals surface area contributed by atoms with Crippen molar-refractivity contribution in [3.8, 4) is 0 Å². The SMILES string of the molecule is CC/C=C\CCC(=O)CCC(=O)OC. The minimum atomic E-state index is -0.317. The molecular formula is C11H18O3. The largest absolute Gasteiger partial charge is 0.469 e. The lowest BCUT2D eigenvalue weighted by atomic mass is 10.1. The van der Waals surface area contributed by atoms with Gasteiger partial charge in [0.05, 0.1) is 13.5 Å². The van der Waals surface area contributed by atoms with Crippen LogP contribution in [0, 0.1) is 0 Å². The third kappa shape index (κ3) is 7.53. The second-order valence-electron chi connectivity index (χ2n) is 3.03. The van der Waals surface area contributed by atoms with Crippen molar-refractivity contribution in [2.45, 2.75) is 39.0 Å². The van der Waals surface area contributed by atoms with Crippen molar-refractivity contribution in [3.63, 3.8) is 0 Å². The molecule has 0 unspecified atom stereocenters. The van der Waals surface area contributed by atoms with E-state index in [1.165, 1.54) is 7.11 Å². The van der Waals surface area contributed by atoms with Crippen molar-refractivity contribution < 1.29 is 14.3 Å². The van der Waals surface area contributed by atoms with Crippen LogP contribution >= 0.6 is 0 Å². The van der Waals surface area contributed by atoms with Crippen LogP contribution in [0.3, 0.4) is 0 Å². The van der Waals surface area contributed by atoms with Crippen molar-refractivity contribution in [3.05, 3.63) is 12.2 Å². The lowest BCUT2D eigenvalue weighted by molar-refractivity contribution is -0.141. The second-order valence-corrected chi connectivity index (χ2v) is 3.03. The highest BCUT2D eigenvalue weighted by atomic mass is 16.5. The van der Waals surface area contributed by atoms with Crippen LogP contribution in [0.2, 0.25) is 0 Å². The van der Waals surface area contributed by atoms with Gasteiger partial charge in [0.2, 0.25) is 0 Å². The Kier molecular flexibility index (Phi) is 7.80. The molecule has 0 aromatic carbocycles. The summed E-state index contributed by atoms with van der Waals surface area (Å²) in [6, 6.07) is 0. The van der Waals surface area contributed by atoms with Gasteiger partial charge in [-0.2, -0.15) is 0 Å². The Morgan fingerprint density at radius 2 is 1.86 bits per heavy atom. The minimum absolute atomic E-state index is 0.121. The van der Waals surface area contributed by atoms with E-state index in [0.29, 0.717) is 12.8 Å². The van der Waals surface area contributed by atoms with Gasteiger partial charge in [-0.15, -0.1) is 0 Å². The van der Waals surface area contributed by atoms with E-state index in [0.717, 1.165) is 12.8 Å². The van der Waals surface area contributed by atoms with E-state index >= 15 is 0 Å². The number of ketones is 1. The average Bonchev–Trinajstić information content (AvgIpc) is 2.21. The molecule has 0 amide bonds. The number of esters is 1. The van der Waals surface area contributed by atoms with E-state index in [1.807, 2.05) is 12.2 Å². The topological polar surface area (TPSA) is 43.4 Å². The molecule has 0 atom stereocenters. The molecule has 3 nitrogen and oxygen atoms in total. The van der Waals surface area contributed by atoms with Gasteiger partial charge in [0.15, 0.2) is 0 Å². The van der Waals surface area contributed by atoms with E-state index in [9.17, 15) is 9.59 Å². The highest BCUT2D eigenvalue weighted by Crippen LogP contribution is 2.01. The number of hydrogen-bond acceptors (Lipinski definition) is 3. The summed E-state index contributed by atoms with van der Waals surface area (Å²) in [5, 5.41) is 0. The summed E-state index contributed by atoms with van der Waals surface area (Å²) < 4.78 is 4.44. The zero-order valence-corrected chi connectivity index (χ0v) is 8.91. The summed E-state index contributed by atoms with van der Waals surface area (Å²) in [6.45, 7) is 2.05. The van der Waals surface area contributed by atoms with Gasteiger partial charge in [-0.25, -0.2) is 0 Å². The molecule has 0 aromatic rings. The van der Waals surface area contributed by atoms with Gasteiger partial charge in [-0.05, 0) is 12.8 Å². The van der Waals surface area contributed by atoms with Crippen molar-refractivity contribution in [1.29, 1.82) is 0 Å². The fourth-order valence-corrected chi connectivity index (χ4v) is 0.997. The van der Waals surface area contributed by atoms with Crippen LogP contribution in [-0.4, -0.2) is 18.9 Å². The Labute approximate surface area is 85.1 Å². The molecule has 0 saturated heterocycles. The molecule has 0 saturated carbocycles. The predicted octanol–water partition coefficient (Wildman–Crippen LogP) is 2.26. The van der Waals surface area contributed by atoms with E-state index < -0.39 is 0 Å². The Morgan fingerprint density at radius 3 is 2.43 bits per heavy atom. The molecule has 0 spiro atoms. The normalized spacial score (nSPS) is 10.4. The summed E-state index contributed by atoms with van der Waals surface area (Å²) in [5.41, 5.74) is 0. The quantitative estimate of drug-likeness (QED) is 0.465. The predicted molar refractivity (Wildman–Crippen MR) is 54.9 cm³/mol. The van der Waals surface area contributed by atoms with Gasteiger partial charge in [0, 0.05) is 12.8 Å². The number of carbonyl (C=O) groups excluding carboxylic acids is 2.